The van der Waals surface area contributed by atoms with Crippen molar-refractivity contribution in [1.82, 2.24) is 30.7 Å². The SMILES string of the molecule is Nc1nonc1-n1nnc(C(=O)N/N=C/c2c(F)cccc2Cl)c1-c1cccc([N+](=O)[O-])c1. The van der Waals surface area contributed by atoms with Crippen LogP contribution in [0.15, 0.2) is 52.2 Å². The van der Waals surface area contributed by atoms with Gasteiger partial charge in [0.1, 0.15) is 11.5 Å². The summed E-state index contributed by atoms with van der Waals surface area (Å²) in [6.45, 7) is 0. The fraction of sp³-hybridized carbons (Fsp3) is 0. The van der Waals surface area contributed by atoms with Gasteiger partial charge in [0.2, 0.25) is 11.6 Å². The third kappa shape index (κ3) is 4.22. The van der Waals surface area contributed by atoms with Crippen LogP contribution in [0.1, 0.15) is 16.1 Å². The van der Waals surface area contributed by atoms with Gasteiger partial charge in [0, 0.05) is 23.3 Å². The third-order valence-corrected chi connectivity index (χ3v) is 4.60. The molecule has 0 aliphatic rings. The van der Waals surface area contributed by atoms with E-state index >= 15 is 0 Å². The first-order valence-electron chi connectivity index (χ1n) is 8.93. The van der Waals surface area contributed by atoms with Crippen LogP contribution in [-0.4, -0.2) is 42.4 Å². The zero-order chi connectivity index (χ0) is 23.5. The number of nitro groups is 1. The Labute approximate surface area is 187 Å². The van der Waals surface area contributed by atoms with Gasteiger partial charge in [-0.2, -0.15) is 9.78 Å². The minimum Gasteiger partial charge on any atom is -0.378 e. The molecule has 2 aromatic heterocycles. The fourth-order valence-electron chi connectivity index (χ4n) is 2.79. The molecule has 2 heterocycles. The van der Waals surface area contributed by atoms with Crippen molar-refractivity contribution in [2.75, 3.05) is 5.73 Å². The first kappa shape index (κ1) is 21.5. The predicted octanol–water partition coefficient (Wildman–Crippen LogP) is 2.36. The standard InChI is InChI=1S/C18H11ClFN9O4/c19-12-5-2-6-13(20)11(12)8-22-24-18(30)14-15(9-3-1-4-10(7-9)29(31)32)28(27-23-14)17-16(21)25-33-26-17/h1-8H,(H2,21,25)(H,24,30)/b22-8+. The Morgan fingerprint density at radius 3 is 2.79 bits per heavy atom. The van der Waals surface area contributed by atoms with Gasteiger partial charge in [0.25, 0.3) is 11.6 Å². The van der Waals surface area contributed by atoms with Crippen molar-refractivity contribution in [3.8, 4) is 17.1 Å². The quantitative estimate of drug-likeness (QED) is 0.242. The zero-order valence-electron chi connectivity index (χ0n) is 16.2. The van der Waals surface area contributed by atoms with Crippen LogP contribution in [0.5, 0.6) is 0 Å². The van der Waals surface area contributed by atoms with Crippen molar-refractivity contribution in [3.63, 3.8) is 0 Å². The summed E-state index contributed by atoms with van der Waals surface area (Å²) in [7, 11) is 0. The molecule has 0 atom stereocenters. The number of aromatic nitrogens is 5. The average Bonchev–Trinajstić information content (AvgIpc) is 3.41. The van der Waals surface area contributed by atoms with Crippen LogP contribution in [0.25, 0.3) is 17.1 Å². The summed E-state index contributed by atoms with van der Waals surface area (Å²) in [5, 5.41) is 29.7. The van der Waals surface area contributed by atoms with Crippen LogP contribution in [0, 0.1) is 15.9 Å². The van der Waals surface area contributed by atoms with Crippen molar-refractivity contribution in [2.45, 2.75) is 0 Å². The Balaban J connectivity index is 1.74. The molecule has 4 rings (SSSR count). The summed E-state index contributed by atoms with van der Waals surface area (Å²) in [6.07, 6.45) is 1.02. The Hall–Kier alpha value is -4.72. The highest BCUT2D eigenvalue weighted by Crippen LogP contribution is 2.29. The van der Waals surface area contributed by atoms with Gasteiger partial charge >= 0.3 is 0 Å². The number of carbonyl (C=O) groups excluding carboxylic acids is 1. The van der Waals surface area contributed by atoms with Gasteiger partial charge in [0.15, 0.2) is 5.69 Å². The number of nitrogens with two attached hydrogens (primary N) is 1. The molecule has 0 aliphatic heterocycles. The monoisotopic (exact) mass is 471 g/mol. The molecular formula is C18H11ClFN9O4. The molecule has 4 aromatic rings. The van der Waals surface area contributed by atoms with Crippen LogP contribution in [0.4, 0.5) is 15.9 Å². The number of halogens is 2. The van der Waals surface area contributed by atoms with E-state index in [1.54, 1.807) is 0 Å². The molecule has 0 aliphatic carbocycles. The summed E-state index contributed by atoms with van der Waals surface area (Å²) >= 11 is 5.92. The van der Waals surface area contributed by atoms with Gasteiger partial charge in [-0.05, 0) is 22.4 Å². The summed E-state index contributed by atoms with van der Waals surface area (Å²) in [4.78, 5) is 23.4. The molecule has 0 saturated carbocycles. The van der Waals surface area contributed by atoms with Crippen molar-refractivity contribution in [3.05, 3.63) is 74.7 Å². The topological polar surface area (TPSA) is 180 Å². The summed E-state index contributed by atoms with van der Waals surface area (Å²) in [5.74, 6) is -1.75. The van der Waals surface area contributed by atoms with E-state index in [4.69, 9.17) is 17.3 Å². The Kier molecular flexibility index (Phi) is 5.73. The number of nitro benzene ring substituents is 1. The Morgan fingerprint density at radius 1 is 1.30 bits per heavy atom. The largest absolute Gasteiger partial charge is 0.378 e. The maximum atomic E-state index is 13.9. The molecule has 0 saturated heterocycles. The van der Waals surface area contributed by atoms with E-state index in [9.17, 15) is 19.3 Å². The second kappa shape index (κ2) is 8.80. The van der Waals surface area contributed by atoms with Gasteiger partial charge in [0.05, 0.1) is 16.2 Å². The molecule has 0 spiro atoms. The highest BCUT2D eigenvalue weighted by Gasteiger charge is 2.26. The molecule has 15 heteroatoms. The molecule has 0 unspecified atom stereocenters. The smallest absolute Gasteiger partial charge is 0.294 e. The van der Waals surface area contributed by atoms with Crippen LogP contribution in [0.2, 0.25) is 5.02 Å². The van der Waals surface area contributed by atoms with E-state index in [0.717, 1.165) is 10.9 Å². The number of carbonyl (C=O) groups is 1. The third-order valence-electron chi connectivity index (χ3n) is 4.27. The number of hydrogen-bond acceptors (Lipinski definition) is 10. The van der Waals surface area contributed by atoms with E-state index in [1.165, 1.54) is 42.5 Å². The molecule has 33 heavy (non-hydrogen) atoms. The van der Waals surface area contributed by atoms with E-state index < -0.39 is 16.6 Å². The number of rotatable bonds is 6. The van der Waals surface area contributed by atoms with Crippen molar-refractivity contribution in [2.24, 2.45) is 5.10 Å². The van der Waals surface area contributed by atoms with Gasteiger partial charge in [-0.3, -0.25) is 14.9 Å². The van der Waals surface area contributed by atoms with Crippen molar-refractivity contribution >= 4 is 35.2 Å². The molecule has 2 aromatic carbocycles. The van der Waals surface area contributed by atoms with Crippen molar-refractivity contribution < 1.29 is 18.7 Å². The summed E-state index contributed by atoms with van der Waals surface area (Å²) in [5.41, 5.74) is 7.54. The van der Waals surface area contributed by atoms with Gasteiger partial charge < -0.3 is 5.73 Å². The number of benzene rings is 2. The lowest BCUT2D eigenvalue weighted by Crippen LogP contribution is -2.19. The van der Waals surface area contributed by atoms with E-state index in [2.05, 4.69) is 35.8 Å². The first-order chi connectivity index (χ1) is 15.9. The van der Waals surface area contributed by atoms with Crippen molar-refractivity contribution in [1.29, 1.82) is 0 Å². The lowest BCUT2D eigenvalue weighted by Gasteiger charge is -2.06. The molecular weight excluding hydrogens is 461 g/mol. The molecule has 166 valence electrons. The van der Waals surface area contributed by atoms with Gasteiger partial charge in [-0.1, -0.05) is 35.0 Å². The summed E-state index contributed by atoms with van der Waals surface area (Å²) < 4.78 is 19.5. The zero-order valence-corrected chi connectivity index (χ0v) is 17.0. The number of nitrogens with zero attached hydrogens (tertiary/aromatic N) is 7. The van der Waals surface area contributed by atoms with Crippen LogP contribution >= 0.6 is 11.6 Å². The number of nitrogens with one attached hydrogen (secondary N) is 1. The minimum absolute atomic E-state index is 0.00211. The number of anilines is 1. The second-order valence-corrected chi connectivity index (χ2v) is 6.72. The van der Waals surface area contributed by atoms with Gasteiger partial charge in [-0.15, -0.1) is 5.10 Å². The van der Waals surface area contributed by atoms with Crippen LogP contribution in [-0.2, 0) is 0 Å². The maximum Gasteiger partial charge on any atom is 0.294 e. The van der Waals surface area contributed by atoms with E-state index in [1.807, 2.05) is 0 Å². The molecule has 3 N–H and O–H groups in total. The summed E-state index contributed by atoms with van der Waals surface area (Å²) in [6, 6.07) is 9.43. The number of amides is 1. The molecule has 1 amide bonds. The van der Waals surface area contributed by atoms with E-state index in [-0.39, 0.29) is 44.9 Å². The minimum atomic E-state index is -0.860. The van der Waals surface area contributed by atoms with Crippen LogP contribution < -0.4 is 11.2 Å². The highest BCUT2D eigenvalue weighted by molar-refractivity contribution is 6.33. The molecule has 13 nitrogen and oxygen atoms in total. The first-order valence-corrected chi connectivity index (χ1v) is 9.31. The second-order valence-electron chi connectivity index (χ2n) is 6.31. The molecule has 0 radical (unpaired) electrons. The number of nitrogen functional groups attached to an aromatic ring is 1. The Bertz CT molecular complexity index is 1380. The predicted molar refractivity (Wildman–Crippen MR) is 112 cm³/mol. The fourth-order valence-corrected chi connectivity index (χ4v) is 3.00. The number of hydrogen-bond donors (Lipinski definition) is 2. The van der Waals surface area contributed by atoms with Gasteiger partial charge in [-0.25, -0.2) is 14.4 Å². The number of hydrazone groups is 1. The molecule has 0 bridgehead atoms. The lowest BCUT2D eigenvalue weighted by molar-refractivity contribution is -0.384. The lowest BCUT2D eigenvalue weighted by atomic mass is 10.1. The normalized spacial score (nSPS) is 11.1. The Morgan fingerprint density at radius 2 is 2.09 bits per heavy atom. The van der Waals surface area contributed by atoms with Crippen LogP contribution in [0.3, 0.4) is 0 Å². The highest BCUT2D eigenvalue weighted by atomic mass is 35.5. The molecule has 0 fully saturated rings. The number of non-ortho nitro benzene ring substituents is 1. The average molecular weight is 472 g/mol. The van der Waals surface area contributed by atoms with E-state index in [0.29, 0.717) is 0 Å². The maximum absolute atomic E-state index is 13.9.